The lowest BCUT2D eigenvalue weighted by Crippen LogP contribution is -2.37. The summed E-state index contributed by atoms with van der Waals surface area (Å²) >= 11 is 0. The van der Waals surface area contributed by atoms with Gasteiger partial charge in [-0.2, -0.15) is 0 Å². The van der Waals surface area contributed by atoms with Crippen molar-refractivity contribution >= 4 is 15.7 Å². The van der Waals surface area contributed by atoms with Gasteiger partial charge in [0.2, 0.25) is 5.91 Å². The Balaban J connectivity index is 2.10. The van der Waals surface area contributed by atoms with Gasteiger partial charge in [-0.1, -0.05) is 6.92 Å². The summed E-state index contributed by atoms with van der Waals surface area (Å²) in [5, 5.41) is 5.77. The van der Waals surface area contributed by atoms with Gasteiger partial charge in [0.15, 0.2) is 9.84 Å². The molecule has 1 saturated heterocycles. The van der Waals surface area contributed by atoms with E-state index in [-0.39, 0.29) is 36.7 Å². The summed E-state index contributed by atoms with van der Waals surface area (Å²) in [6.07, 6.45) is 1.96. The van der Waals surface area contributed by atoms with Crippen LogP contribution in [-0.2, 0) is 19.4 Å². The van der Waals surface area contributed by atoms with E-state index in [9.17, 15) is 13.2 Å². The molecule has 18 heavy (non-hydrogen) atoms. The number of rotatable bonds is 7. The molecule has 1 amide bonds. The van der Waals surface area contributed by atoms with Crippen LogP contribution in [0.15, 0.2) is 0 Å². The van der Waals surface area contributed by atoms with Crippen LogP contribution in [0.25, 0.3) is 0 Å². The number of nitrogens with one attached hydrogen (secondary N) is 2. The second-order valence-corrected chi connectivity index (χ2v) is 6.82. The molecule has 0 aliphatic carbocycles. The lowest BCUT2D eigenvalue weighted by atomic mass is 10.1. The number of carbonyl (C=O) groups excluding carboxylic acids is 1. The first-order valence-electron chi connectivity index (χ1n) is 6.33. The number of piperidine rings is 1. The summed E-state index contributed by atoms with van der Waals surface area (Å²) in [5.41, 5.74) is 0. The highest BCUT2D eigenvalue weighted by molar-refractivity contribution is 7.91. The quantitative estimate of drug-likeness (QED) is 0.644. The third kappa shape index (κ3) is 6.32. The first-order valence-corrected chi connectivity index (χ1v) is 8.15. The predicted octanol–water partition coefficient (Wildman–Crippen LogP) is -0.694. The van der Waals surface area contributed by atoms with E-state index >= 15 is 0 Å². The SMILES string of the molecule is CCS(=O)(=O)CCNC(=O)COC1CCNCC1. The van der Waals surface area contributed by atoms with Crippen molar-refractivity contribution in [3.8, 4) is 0 Å². The van der Waals surface area contributed by atoms with Crippen molar-refractivity contribution in [3.05, 3.63) is 0 Å². The molecule has 2 N–H and O–H groups in total. The van der Waals surface area contributed by atoms with Crippen LogP contribution < -0.4 is 10.6 Å². The fourth-order valence-corrected chi connectivity index (χ4v) is 2.40. The van der Waals surface area contributed by atoms with Gasteiger partial charge in [-0.15, -0.1) is 0 Å². The zero-order valence-corrected chi connectivity index (χ0v) is 11.6. The lowest BCUT2D eigenvalue weighted by molar-refractivity contribution is -0.128. The Hall–Kier alpha value is -0.660. The van der Waals surface area contributed by atoms with Crippen molar-refractivity contribution in [1.82, 2.24) is 10.6 Å². The van der Waals surface area contributed by atoms with Gasteiger partial charge in [-0.05, 0) is 25.9 Å². The number of carbonyl (C=O) groups is 1. The molecule has 0 radical (unpaired) electrons. The molecule has 7 heteroatoms. The van der Waals surface area contributed by atoms with E-state index in [4.69, 9.17) is 4.74 Å². The van der Waals surface area contributed by atoms with Crippen molar-refractivity contribution in [3.63, 3.8) is 0 Å². The van der Waals surface area contributed by atoms with Crippen LogP contribution in [0.5, 0.6) is 0 Å². The Bertz CT molecular complexity index is 350. The molecule has 1 heterocycles. The van der Waals surface area contributed by atoms with Gasteiger partial charge in [0.05, 0.1) is 11.9 Å². The van der Waals surface area contributed by atoms with Gasteiger partial charge in [0.1, 0.15) is 6.61 Å². The highest BCUT2D eigenvalue weighted by Gasteiger charge is 2.15. The second-order valence-electron chi connectivity index (χ2n) is 4.35. The van der Waals surface area contributed by atoms with Crippen LogP contribution in [-0.4, -0.2) is 58.2 Å². The minimum absolute atomic E-state index is 0.0108. The summed E-state index contributed by atoms with van der Waals surface area (Å²) in [7, 11) is -3.01. The van der Waals surface area contributed by atoms with Crippen molar-refractivity contribution in [2.45, 2.75) is 25.9 Å². The van der Waals surface area contributed by atoms with E-state index < -0.39 is 9.84 Å². The van der Waals surface area contributed by atoms with Crippen molar-refractivity contribution in [1.29, 1.82) is 0 Å². The maximum absolute atomic E-state index is 11.4. The van der Waals surface area contributed by atoms with E-state index in [2.05, 4.69) is 10.6 Å². The van der Waals surface area contributed by atoms with Gasteiger partial charge in [0, 0.05) is 12.3 Å². The van der Waals surface area contributed by atoms with Crippen LogP contribution in [0.4, 0.5) is 0 Å². The van der Waals surface area contributed by atoms with Crippen LogP contribution >= 0.6 is 0 Å². The average Bonchev–Trinajstić information content (AvgIpc) is 2.37. The summed E-state index contributed by atoms with van der Waals surface area (Å²) in [6, 6.07) is 0. The minimum atomic E-state index is -3.01. The van der Waals surface area contributed by atoms with E-state index in [0.717, 1.165) is 25.9 Å². The predicted molar refractivity (Wildman–Crippen MR) is 69.2 cm³/mol. The van der Waals surface area contributed by atoms with Gasteiger partial charge in [-0.3, -0.25) is 4.79 Å². The minimum Gasteiger partial charge on any atom is -0.368 e. The van der Waals surface area contributed by atoms with Gasteiger partial charge < -0.3 is 15.4 Å². The third-order valence-electron chi connectivity index (χ3n) is 2.91. The Morgan fingerprint density at radius 1 is 1.39 bits per heavy atom. The van der Waals surface area contributed by atoms with Crippen molar-refractivity contribution in [2.75, 3.05) is 37.7 Å². The molecule has 0 atom stereocenters. The Kier molecular flexibility index (Phi) is 6.59. The molecular formula is C11H22N2O4S. The first kappa shape index (κ1) is 15.4. The maximum Gasteiger partial charge on any atom is 0.246 e. The average molecular weight is 278 g/mol. The van der Waals surface area contributed by atoms with E-state index in [1.165, 1.54) is 0 Å². The lowest BCUT2D eigenvalue weighted by Gasteiger charge is -2.22. The van der Waals surface area contributed by atoms with E-state index in [0.29, 0.717) is 0 Å². The highest BCUT2D eigenvalue weighted by atomic mass is 32.2. The number of amides is 1. The summed E-state index contributed by atoms with van der Waals surface area (Å²) in [6.45, 7) is 3.60. The molecule has 106 valence electrons. The van der Waals surface area contributed by atoms with Gasteiger partial charge >= 0.3 is 0 Å². The molecule has 6 nitrogen and oxygen atoms in total. The standard InChI is InChI=1S/C11H22N2O4S/c1-2-18(15,16)8-7-13-11(14)9-17-10-3-5-12-6-4-10/h10,12H,2-9H2,1H3,(H,13,14). The van der Waals surface area contributed by atoms with Crippen molar-refractivity contribution in [2.24, 2.45) is 0 Å². The largest absolute Gasteiger partial charge is 0.368 e. The molecule has 0 unspecified atom stereocenters. The van der Waals surface area contributed by atoms with Crippen molar-refractivity contribution < 1.29 is 17.9 Å². The molecule has 1 rings (SSSR count). The number of hydrogen-bond donors (Lipinski definition) is 2. The third-order valence-corrected chi connectivity index (χ3v) is 4.62. The molecule has 0 spiro atoms. The van der Waals surface area contributed by atoms with Gasteiger partial charge in [-0.25, -0.2) is 8.42 Å². The molecule has 1 aliphatic heterocycles. The van der Waals surface area contributed by atoms with Gasteiger partial charge in [0.25, 0.3) is 0 Å². The van der Waals surface area contributed by atoms with Crippen LogP contribution in [0, 0.1) is 0 Å². The summed E-state index contributed by atoms with van der Waals surface area (Å²) in [4.78, 5) is 11.4. The molecule has 0 aromatic heterocycles. The molecule has 1 fully saturated rings. The highest BCUT2D eigenvalue weighted by Crippen LogP contribution is 2.06. The fraction of sp³-hybridized carbons (Fsp3) is 0.909. The van der Waals surface area contributed by atoms with Crippen LogP contribution in [0.3, 0.4) is 0 Å². The van der Waals surface area contributed by atoms with E-state index in [1.807, 2.05) is 0 Å². The zero-order valence-electron chi connectivity index (χ0n) is 10.8. The number of sulfone groups is 1. The monoisotopic (exact) mass is 278 g/mol. The molecular weight excluding hydrogens is 256 g/mol. The fourth-order valence-electron chi connectivity index (χ4n) is 1.70. The molecule has 1 aliphatic rings. The zero-order chi connectivity index (χ0) is 13.4. The van der Waals surface area contributed by atoms with Crippen LogP contribution in [0.2, 0.25) is 0 Å². The maximum atomic E-state index is 11.4. The topological polar surface area (TPSA) is 84.5 Å². The Morgan fingerprint density at radius 3 is 2.67 bits per heavy atom. The second kappa shape index (κ2) is 7.70. The molecule has 0 aromatic carbocycles. The first-order chi connectivity index (χ1) is 8.53. The molecule has 0 saturated carbocycles. The Labute approximate surface area is 108 Å². The normalized spacial score (nSPS) is 17.6. The molecule has 0 aromatic rings. The summed E-state index contributed by atoms with van der Waals surface area (Å²) in [5.74, 6) is -0.156. The molecule has 0 bridgehead atoms. The van der Waals surface area contributed by atoms with E-state index in [1.54, 1.807) is 6.92 Å². The number of hydrogen-bond acceptors (Lipinski definition) is 5. The smallest absolute Gasteiger partial charge is 0.246 e. The summed E-state index contributed by atoms with van der Waals surface area (Å²) < 4.78 is 27.8. The number of ether oxygens (including phenoxy) is 1. The Morgan fingerprint density at radius 2 is 2.06 bits per heavy atom. The van der Waals surface area contributed by atoms with Crippen LogP contribution in [0.1, 0.15) is 19.8 Å².